The molecule has 0 heterocycles. The maximum absolute atomic E-state index is 9.53. The van der Waals surface area contributed by atoms with E-state index in [9.17, 15) is 5.11 Å². The molecule has 0 fully saturated rings. The van der Waals surface area contributed by atoms with Crippen molar-refractivity contribution in [3.63, 3.8) is 0 Å². The molecular formula is C10H16O. The summed E-state index contributed by atoms with van der Waals surface area (Å²) in [5.41, 5.74) is 0.829. The van der Waals surface area contributed by atoms with Crippen LogP contribution in [0.5, 0.6) is 0 Å². The van der Waals surface area contributed by atoms with Crippen molar-refractivity contribution >= 4 is 0 Å². The largest absolute Gasteiger partial charge is 0.388 e. The lowest BCUT2D eigenvalue weighted by atomic mass is 9.99. The fourth-order valence-electron chi connectivity index (χ4n) is 0.808. The van der Waals surface area contributed by atoms with Crippen molar-refractivity contribution in [1.29, 1.82) is 0 Å². The molecule has 0 unspecified atom stereocenters. The summed E-state index contributed by atoms with van der Waals surface area (Å²) >= 11 is 0. The number of hydrogen-bond acceptors (Lipinski definition) is 1. The molecule has 0 saturated carbocycles. The van der Waals surface area contributed by atoms with E-state index < -0.39 is 6.10 Å². The molecule has 0 spiro atoms. The second-order valence-electron chi connectivity index (χ2n) is 2.80. The average Bonchev–Trinajstić information content (AvgIpc) is 1.98. The summed E-state index contributed by atoms with van der Waals surface area (Å²) in [6.45, 7) is 11.1. The lowest BCUT2D eigenvalue weighted by Crippen LogP contribution is -2.16. The zero-order chi connectivity index (χ0) is 8.85. The van der Waals surface area contributed by atoms with Crippen LogP contribution in [-0.4, -0.2) is 11.2 Å². The summed E-state index contributed by atoms with van der Waals surface area (Å²) in [6.07, 6.45) is 4.66. The smallest absolute Gasteiger partial charge is 0.0812 e. The maximum atomic E-state index is 9.53. The van der Waals surface area contributed by atoms with Crippen LogP contribution in [0.15, 0.2) is 37.0 Å². The molecule has 0 rings (SSSR count). The molecule has 0 aromatic heterocycles. The van der Waals surface area contributed by atoms with Crippen LogP contribution in [0, 0.1) is 5.92 Å². The minimum absolute atomic E-state index is 0.221. The van der Waals surface area contributed by atoms with E-state index in [-0.39, 0.29) is 5.92 Å². The lowest BCUT2D eigenvalue weighted by Gasteiger charge is -2.14. The molecule has 0 aromatic rings. The van der Waals surface area contributed by atoms with Gasteiger partial charge < -0.3 is 5.11 Å². The standard InChI is InChI=1S/C10H16O/c1-5-7-9(6-2)10(11)8(3)4/h5-8,10-11H,1-2H2,3-4H3/b9-7+/t10-/m1/s1. The summed E-state index contributed by atoms with van der Waals surface area (Å²) in [5.74, 6) is 0.221. The minimum Gasteiger partial charge on any atom is -0.388 e. The van der Waals surface area contributed by atoms with Gasteiger partial charge in [-0.25, -0.2) is 0 Å². The summed E-state index contributed by atoms with van der Waals surface area (Å²) in [4.78, 5) is 0. The molecular weight excluding hydrogens is 136 g/mol. The Balaban J connectivity index is 4.37. The molecule has 0 radical (unpaired) electrons. The van der Waals surface area contributed by atoms with Crippen molar-refractivity contribution in [2.45, 2.75) is 20.0 Å². The highest BCUT2D eigenvalue weighted by atomic mass is 16.3. The van der Waals surface area contributed by atoms with E-state index in [1.165, 1.54) is 0 Å². The second kappa shape index (κ2) is 4.91. The van der Waals surface area contributed by atoms with E-state index in [1.807, 2.05) is 13.8 Å². The Morgan fingerprint density at radius 3 is 2.18 bits per heavy atom. The first-order valence-corrected chi connectivity index (χ1v) is 3.76. The molecule has 0 saturated heterocycles. The number of aliphatic hydroxyl groups excluding tert-OH is 1. The molecule has 0 aromatic carbocycles. The Morgan fingerprint density at radius 2 is 1.91 bits per heavy atom. The molecule has 1 N–H and O–H groups in total. The van der Waals surface area contributed by atoms with Crippen molar-refractivity contribution in [2.24, 2.45) is 5.92 Å². The van der Waals surface area contributed by atoms with E-state index in [0.29, 0.717) is 0 Å². The maximum Gasteiger partial charge on any atom is 0.0812 e. The van der Waals surface area contributed by atoms with Crippen LogP contribution < -0.4 is 0 Å². The van der Waals surface area contributed by atoms with E-state index in [1.54, 1.807) is 18.2 Å². The Morgan fingerprint density at radius 1 is 1.36 bits per heavy atom. The predicted octanol–water partition coefficient (Wildman–Crippen LogP) is 2.30. The summed E-state index contributed by atoms with van der Waals surface area (Å²) in [5, 5.41) is 9.53. The monoisotopic (exact) mass is 152 g/mol. The van der Waals surface area contributed by atoms with Crippen LogP contribution in [0.3, 0.4) is 0 Å². The first-order chi connectivity index (χ1) is 5.13. The molecule has 0 aliphatic rings. The SMILES string of the molecule is C=C/C=C(\C=C)[C@H](O)C(C)C. The van der Waals surface area contributed by atoms with Crippen LogP contribution in [-0.2, 0) is 0 Å². The Hall–Kier alpha value is -0.820. The first kappa shape index (κ1) is 10.2. The van der Waals surface area contributed by atoms with Crippen molar-refractivity contribution in [3.8, 4) is 0 Å². The predicted molar refractivity (Wildman–Crippen MR) is 49.3 cm³/mol. The normalized spacial score (nSPS) is 14.7. The van der Waals surface area contributed by atoms with Gasteiger partial charge in [-0.05, 0) is 11.5 Å². The van der Waals surface area contributed by atoms with Crippen LogP contribution in [0.2, 0.25) is 0 Å². The zero-order valence-corrected chi connectivity index (χ0v) is 7.25. The third kappa shape index (κ3) is 3.19. The number of allylic oxidation sites excluding steroid dienone is 2. The van der Waals surface area contributed by atoms with Crippen LogP contribution >= 0.6 is 0 Å². The van der Waals surface area contributed by atoms with Gasteiger partial charge in [0.25, 0.3) is 0 Å². The van der Waals surface area contributed by atoms with Gasteiger partial charge in [0.15, 0.2) is 0 Å². The highest BCUT2D eigenvalue weighted by molar-refractivity contribution is 5.25. The van der Waals surface area contributed by atoms with Crippen LogP contribution in [0.1, 0.15) is 13.8 Å². The fraction of sp³-hybridized carbons (Fsp3) is 0.400. The molecule has 11 heavy (non-hydrogen) atoms. The van der Waals surface area contributed by atoms with Gasteiger partial charge in [-0.15, -0.1) is 0 Å². The lowest BCUT2D eigenvalue weighted by molar-refractivity contribution is 0.164. The van der Waals surface area contributed by atoms with Crippen molar-refractivity contribution in [2.75, 3.05) is 0 Å². The van der Waals surface area contributed by atoms with E-state index in [0.717, 1.165) is 5.57 Å². The summed E-state index contributed by atoms with van der Waals surface area (Å²) in [6, 6.07) is 0. The van der Waals surface area contributed by atoms with Crippen LogP contribution in [0.25, 0.3) is 0 Å². The van der Waals surface area contributed by atoms with Gasteiger partial charge in [0.1, 0.15) is 0 Å². The zero-order valence-electron chi connectivity index (χ0n) is 7.25. The second-order valence-corrected chi connectivity index (χ2v) is 2.80. The van der Waals surface area contributed by atoms with E-state index in [2.05, 4.69) is 13.2 Å². The first-order valence-electron chi connectivity index (χ1n) is 3.76. The van der Waals surface area contributed by atoms with Gasteiger partial charge in [-0.2, -0.15) is 0 Å². The Kier molecular flexibility index (Phi) is 4.55. The topological polar surface area (TPSA) is 20.2 Å². The molecule has 0 aliphatic carbocycles. The van der Waals surface area contributed by atoms with Crippen LogP contribution in [0.4, 0.5) is 0 Å². The fourth-order valence-corrected chi connectivity index (χ4v) is 0.808. The van der Waals surface area contributed by atoms with Gasteiger partial charge in [-0.3, -0.25) is 0 Å². The molecule has 1 heteroatoms. The van der Waals surface area contributed by atoms with Gasteiger partial charge in [-0.1, -0.05) is 45.2 Å². The van der Waals surface area contributed by atoms with Crippen molar-refractivity contribution in [1.82, 2.24) is 0 Å². The summed E-state index contributed by atoms with van der Waals surface area (Å²) < 4.78 is 0. The molecule has 1 nitrogen and oxygen atoms in total. The molecule has 0 bridgehead atoms. The highest BCUT2D eigenvalue weighted by Gasteiger charge is 2.10. The Labute approximate surface area is 68.7 Å². The third-order valence-electron chi connectivity index (χ3n) is 1.52. The van der Waals surface area contributed by atoms with Gasteiger partial charge in [0.05, 0.1) is 6.10 Å². The highest BCUT2D eigenvalue weighted by Crippen LogP contribution is 2.12. The average molecular weight is 152 g/mol. The number of rotatable bonds is 4. The Bertz CT molecular complexity index is 166. The number of aliphatic hydroxyl groups is 1. The third-order valence-corrected chi connectivity index (χ3v) is 1.52. The van der Waals surface area contributed by atoms with Crippen molar-refractivity contribution in [3.05, 3.63) is 37.0 Å². The number of hydrogen-bond donors (Lipinski definition) is 1. The molecule has 0 aliphatic heterocycles. The quantitative estimate of drug-likeness (QED) is 0.613. The van der Waals surface area contributed by atoms with Gasteiger partial charge >= 0.3 is 0 Å². The molecule has 0 amide bonds. The summed E-state index contributed by atoms with van der Waals surface area (Å²) in [7, 11) is 0. The van der Waals surface area contributed by atoms with E-state index >= 15 is 0 Å². The molecule has 62 valence electrons. The van der Waals surface area contributed by atoms with Gasteiger partial charge in [0.2, 0.25) is 0 Å². The minimum atomic E-state index is -0.425. The van der Waals surface area contributed by atoms with Crippen molar-refractivity contribution < 1.29 is 5.11 Å². The van der Waals surface area contributed by atoms with Gasteiger partial charge in [0, 0.05) is 0 Å². The molecule has 1 atom stereocenters. The van der Waals surface area contributed by atoms with E-state index in [4.69, 9.17) is 0 Å².